The summed E-state index contributed by atoms with van der Waals surface area (Å²) in [6, 6.07) is 12.5. The molecule has 0 spiro atoms. The van der Waals surface area contributed by atoms with Gasteiger partial charge in [-0.3, -0.25) is 9.12 Å². The largest absolute Gasteiger partial charge is 0.453 e. The van der Waals surface area contributed by atoms with Crippen molar-refractivity contribution in [2.75, 3.05) is 4.72 Å². The molecule has 5 aromatic rings. The zero-order chi connectivity index (χ0) is 24.6. The van der Waals surface area contributed by atoms with Crippen LogP contribution >= 0.6 is 11.6 Å². The average molecular weight is 514 g/mol. The lowest BCUT2D eigenvalue weighted by Gasteiger charge is -2.15. The van der Waals surface area contributed by atoms with E-state index in [1.807, 2.05) is 0 Å². The number of hydrogen-bond donors (Lipinski definition) is 1. The van der Waals surface area contributed by atoms with Crippen molar-refractivity contribution in [1.29, 1.82) is 0 Å². The molecule has 0 bridgehead atoms. The third-order valence-electron chi connectivity index (χ3n) is 4.96. The molecule has 0 unspecified atom stereocenters. The van der Waals surface area contributed by atoms with Crippen LogP contribution in [0.25, 0.3) is 16.9 Å². The average Bonchev–Trinajstić information content (AvgIpc) is 3.32. The minimum Gasteiger partial charge on any atom is -0.453 e. The predicted octanol–water partition coefficient (Wildman–Crippen LogP) is 5.32. The van der Waals surface area contributed by atoms with E-state index in [9.17, 15) is 17.2 Å². The summed E-state index contributed by atoms with van der Waals surface area (Å²) < 4.78 is 64.5. The Bertz CT molecular complexity index is 1660. The molecule has 176 valence electrons. The van der Waals surface area contributed by atoms with Crippen LogP contribution in [0.5, 0.6) is 11.5 Å². The molecule has 0 radical (unpaired) electrons. The Morgan fingerprint density at radius 1 is 0.943 bits per heavy atom. The van der Waals surface area contributed by atoms with Crippen molar-refractivity contribution in [3.63, 3.8) is 0 Å². The summed E-state index contributed by atoms with van der Waals surface area (Å²) in [6.45, 7) is 0. The fraction of sp³-hybridized carbons (Fsp3) is 0. The first-order valence-corrected chi connectivity index (χ1v) is 11.9. The van der Waals surface area contributed by atoms with Gasteiger partial charge in [0, 0.05) is 41.3 Å². The Morgan fingerprint density at radius 2 is 1.80 bits per heavy atom. The van der Waals surface area contributed by atoms with Crippen LogP contribution in [-0.2, 0) is 10.0 Å². The number of benzene rings is 2. The monoisotopic (exact) mass is 513 g/mol. The summed E-state index contributed by atoms with van der Waals surface area (Å²) in [4.78, 5) is 10.7. The molecule has 3 aromatic heterocycles. The van der Waals surface area contributed by atoms with Gasteiger partial charge >= 0.3 is 0 Å². The number of halogens is 3. The molecule has 2 aromatic carbocycles. The quantitative estimate of drug-likeness (QED) is 0.330. The first-order valence-electron chi connectivity index (χ1n) is 9.99. The van der Waals surface area contributed by atoms with E-state index in [0.717, 1.165) is 6.33 Å². The molecule has 0 atom stereocenters. The van der Waals surface area contributed by atoms with Gasteiger partial charge in [0.15, 0.2) is 11.6 Å². The first-order chi connectivity index (χ1) is 16.8. The lowest BCUT2D eigenvalue weighted by molar-refractivity contribution is 0.433. The highest BCUT2D eigenvalue weighted by Crippen LogP contribution is 2.37. The van der Waals surface area contributed by atoms with E-state index >= 15 is 0 Å². The van der Waals surface area contributed by atoms with Crippen LogP contribution < -0.4 is 9.46 Å². The number of aromatic nitrogens is 4. The second-order valence-corrected chi connectivity index (χ2v) is 9.31. The molecule has 1 N–H and O–H groups in total. The maximum absolute atomic E-state index is 15.0. The minimum atomic E-state index is -4.47. The van der Waals surface area contributed by atoms with Crippen molar-refractivity contribution in [1.82, 2.24) is 19.4 Å². The molecule has 0 aliphatic carbocycles. The van der Waals surface area contributed by atoms with Crippen molar-refractivity contribution >= 4 is 33.1 Å². The van der Waals surface area contributed by atoms with Gasteiger partial charge in [-0.1, -0.05) is 17.7 Å². The van der Waals surface area contributed by atoms with Crippen molar-refractivity contribution in [2.45, 2.75) is 4.90 Å². The van der Waals surface area contributed by atoms with Crippen molar-refractivity contribution in [3.8, 4) is 22.8 Å². The van der Waals surface area contributed by atoms with E-state index in [-0.39, 0.29) is 11.6 Å². The van der Waals surface area contributed by atoms with Crippen LogP contribution in [0.15, 0.2) is 84.4 Å². The maximum atomic E-state index is 15.0. The van der Waals surface area contributed by atoms with Gasteiger partial charge in [-0.05, 0) is 36.4 Å². The standard InChI is InChI=1S/C23H14ClF2N5O3S/c24-14-4-5-19(15(10-14)18-2-1-3-23-28-8-9-31(18)23)34-20-11-17(26)21(12-16(20)25)35(32,33)30-22-6-7-27-13-29-22/h1-13H,(H,27,29,30). The van der Waals surface area contributed by atoms with E-state index in [0.29, 0.717) is 34.1 Å². The minimum absolute atomic E-state index is 0.0976. The van der Waals surface area contributed by atoms with Gasteiger partial charge in [-0.2, -0.15) is 0 Å². The number of pyridine rings is 1. The number of nitrogens with zero attached hydrogens (tertiary/aromatic N) is 4. The van der Waals surface area contributed by atoms with Crippen LogP contribution in [0.3, 0.4) is 0 Å². The second-order valence-electron chi connectivity index (χ2n) is 7.22. The number of anilines is 1. The molecule has 0 amide bonds. The summed E-state index contributed by atoms with van der Waals surface area (Å²) in [6.07, 6.45) is 5.76. The molecule has 0 aliphatic rings. The Hall–Kier alpha value is -4.09. The molecule has 0 fully saturated rings. The van der Waals surface area contributed by atoms with Gasteiger partial charge in [0.05, 0.1) is 5.69 Å². The molecule has 8 nitrogen and oxygen atoms in total. The molecule has 3 heterocycles. The second kappa shape index (κ2) is 8.93. The smallest absolute Gasteiger partial charge is 0.266 e. The van der Waals surface area contributed by atoms with Crippen molar-refractivity contribution in [3.05, 3.63) is 96.2 Å². The highest BCUT2D eigenvalue weighted by molar-refractivity contribution is 7.92. The summed E-state index contributed by atoms with van der Waals surface area (Å²) in [7, 11) is -4.47. The maximum Gasteiger partial charge on any atom is 0.266 e. The van der Waals surface area contributed by atoms with Crippen LogP contribution in [0.4, 0.5) is 14.6 Å². The Balaban J connectivity index is 1.52. The number of rotatable bonds is 6. The van der Waals surface area contributed by atoms with Crippen LogP contribution in [0.2, 0.25) is 5.02 Å². The van der Waals surface area contributed by atoms with Gasteiger partial charge in [0.25, 0.3) is 10.0 Å². The number of nitrogens with one attached hydrogen (secondary N) is 1. The first kappa shape index (κ1) is 22.7. The third-order valence-corrected chi connectivity index (χ3v) is 6.57. The van der Waals surface area contributed by atoms with Crippen LogP contribution in [-0.4, -0.2) is 27.8 Å². The summed E-state index contributed by atoms with van der Waals surface area (Å²) >= 11 is 6.19. The van der Waals surface area contributed by atoms with E-state index in [2.05, 4.69) is 19.7 Å². The Labute approximate surface area is 202 Å². The van der Waals surface area contributed by atoms with E-state index in [1.165, 1.54) is 24.4 Å². The SMILES string of the molecule is O=S(=O)(Nc1ccncn1)c1cc(F)c(Oc2ccc(Cl)cc2-c2cccc3nccn23)cc1F. The number of imidazole rings is 1. The summed E-state index contributed by atoms with van der Waals surface area (Å²) in [5.74, 6) is -2.74. The number of ether oxygens (including phenoxy) is 1. The number of hydrogen-bond acceptors (Lipinski definition) is 6. The van der Waals surface area contributed by atoms with E-state index in [4.69, 9.17) is 16.3 Å². The lowest BCUT2D eigenvalue weighted by Crippen LogP contribution is -2.16. The van der Waals surface area contributed by atoms with Gasteiger partial charge < -0.3 is 4.74 Å². The summed E-state index contributed by atoms with van der Waals surface area (Å²) in [5.41, 5.74) is 1.80. The molecule has 0 saturated carbocycles. The Morgan fingerprint density at radius 3 is 2.60 bits per heavy atom. The molecule has 0 saturated heterocycles. The van der Waals surface area contributed by atoms with Gasteiger partial charge in [-0.25, -0.2) is 32.2 Å². The van der Waals surface area contributed by atoms with Gasteiger partial charge in [0.2, 0.25) is 0 Å². The lowest BCUT2D eigenvalue weighted by atomic mass is 10.1. The fourth-order valence-corrected chi connectivity index (χ4v) is 4.67. The van der Waals surface area contributed by atoms with Crippen LogP contribution in [0.1, 0.15) is 0 Å². The Kier molecular flexibility index (Phi) is 5.79. The molecule has 0 aliphatic heterocycles. The van der Waals surface area contributed by atoms with Gasteiger partial charge in [0.1, 0.15) is 34.3 Å². The topological polar surface area (TPSA) is 98.5 Å². The molecule has 5 rings (SSSR count). The zero-order valence-corrected chi connectivity index (χ0v) is 19.1. The highest BCUT2D eigenvalue weighted by atomic mass is 35.5. The number of sulfonamides is 1. The number of fused-ring (bicyclic) bond motifs is 1. The fourth-order valence-electron chi connectivity index (χ4n) is 3.42. The van der Waals surface area contributed by atoms with E-state index in [1.54, 1.807) is 41.1 Å². The third kappa shape index (κ3) is 4.51. The highest BCUT2D eigenvalue weighted by Gasteiger charge is 2.24. The van der Waals surface area contributed by atoms with Crippen molar-refractivity contribution in [2.24, 2.45) is 0 Å². The van der Waals surface area contributed by atoms with Gasteiger partial charge in [-0.15, -0.1) is 0 Å². The molecule has 35 heavy (non-hydrogen) atoms. The normalized spacial score (nSPS) is 11.5. The molecular formula is C23H14ClF2N5O3S. The van der Waals surface area contributed by atoms with Crippen LogP contribution in [0, 0.1) is 11.6 Å². The summed E-state index contributed by atoms with van der Waals surface area (Å²) in [5, 5.41) is 0.397. The predicted molar refractivity (Wildman–Crippen MR) is 125 cm³/mol. The molecular weight excluding hydrogens is 500 g/mol. The van der Waals surface area contributed by atoms with E-state index < -0.39 is 32.3 Å². The van der Waals surface area contributed by atoms with Crippen molar-refractivity contribution < 1.29 is 21.9 Å². The zero-order valence-electron chi connectivity index (χ0n) is 17.6. The molecule has 12 heteroatoms.